The second-order valence-corrected chi connectivity index (χ2v) is 12.6. The third kappa shape index (κ3) is 3.59. The Kier molecular flexibility index (Phi) is 5.21. The van der Waals surface area contributed by atoms with Gasteiger partial charge < -0.3 is 0 Å². The zero-order chi connectivity index (χ0) is 31.3. The van der Waals surface area contributed by atoms with Gasteiger partial charge in [0.05, 0.1) is 11.0 Å². The average Bonchev–Trinajstić information content (AvgIpc) is 3.72. The molecule has 0 saturated heterocycles. The van der Waals surface area contributed by atoms with Crippen LogP contribution >= 0.6 is 0 Å². The number of aromatic nitrogens is 7. The smallest absolute Gasteiger partial charge is 0.242 e. The number of para-hydroxylation sites is 2. The summed E-state index contributed by atoms with van der Waals surface area (Å²) in [6, 6.07) is 40.1. The first-order valence-electron chi connectivity index (χ1n) is 15.8. The molecule has 0 amide bonds. The van der Waals surface area contributed by atoms with Crippen molar-refractivity contribution in [2.75, 3.05) is 0 Å². The topological polar surface area (TPSA) is 74.3 Å². The van der Waals surface area contributed by atoms with E-state index >= 15 is 0 Å². The molecule has 0 spiro atoms. The van der Waals surface area contributed by atoms with Crippen molar-refractivity contribution in [2.45, 2.75) is 19.3 Å². The van der Waals surface area contributed by atoms with Gasteiger partial charge in [0.25, 0.3) is 0 Å². The normalized spacial score (nSPS) is 13.5. The summed E-state index contributed by atoms with van der Waals surface area (Å²) >= 11 is 0. The van der Waals surface area contributed by atoms with Crippen LogP contribution in [-0.4, -0.2) is 34.1 Å². The summed E-state index contributed by atoms with van der Waals surface area (Å²) in [5, 5.41) is 4.27. The second kappa shape index (κ2) is 9.40. The molecular weight excluding hydrogens is 578 g/mol. The molecular formula is C40H27N7. The van der Waals surface area contributed by atoms with Crippen molar-refractivity contribution in [1.29, 1.82) is 0 Å². The van der Waals surface area contributed by atoms with Crippen molar-refractivity contribution in [3.63, 3.8) is 0 Å². The first kappa shape index (κ1) is 26.1. The maximum atomic E-state index is 5.22. The monoisotopic (exact) mass is 605 g/mol. The molecule has 47 heavy (non-hydrogen) atoms. The van der Waals surface area contributed by atoms with Gasteiger partial charge >= 0.3 is 0 Å². The van der Waals surface area contributed by atoms with E-state index < -0.39 is 0 Å². The van der Waals surface area contributed by atoms with Crippen molar-refractivity contribution >= 4 is 43.9 Å². The van der Waals surface area contributed by atoms with Gasteiger partial charge in [-0.15, -0.1) is 0 Å². The van der Waals surface area contributed by atoms with Crippen LogP contribution in [0.15, 0.2) is 128 Å². The lowest BCUT2D eigenvalue weighted by Gasteiger charge is -2.21. The van der Waals surface area contributed by atoms with Gasteiger partial charge in [-0.3, -0.25) is 4.57 Å². The third-order valence-corrected chi connectivity index (χ3v) is 9.72. The molecule has 0 bridgehead atoms. The summed E-state index contributed by atoms with van der Waals surface area (Å²) in [7, 11) is 0. The van der Waals surface area contributed by atoms with Crippen molar-refractivity contribution < 1.29 is 0 Å². The summed E-state index contributed by atoms with van der Waals surface area (Å²) in [5.74, 6) is 1.58. The fraction of sp³-hybridized carbons (Fsp3) is 0.0750. The number of hydrogen-bond donors (Lipinski definition) is 0. The Bertz CT molecular complexity index is 2490. The predicted octanol–water partition coefficient (Wildman–Crippen LogP) is 8.83. The highest BCUT2D eigenvalue weighted by molar-refractivity contribution is 6.09. The highest BCUT2D eigenvalue weighted by Gasteiger charge is 2.35. The largest absolute Gasteiger partial charge is 0.278 e. The van der Waals surface area contributed by atoms with Gasteiger partial charge in [-0.2, -0.15) is 15.0 Å². The Balaban J connectivity index is 1.30. The van der Waals surface area contributed by atoms with Crippen LogP contribution in [-0.2, 0) is 5.41 Å². The molecule has 0 atom stereocenters. The minimum atomic E-state index is -0.0941. The SMILES string of the molecule is CC1(C)c2ccccc2-c2cc(-c3nc(-n4c5ccccc5c5ccccc54)nc(-n4c5ncccc5c5cccnc54)n3)ccc21. The molecule has 0 unspecified atom stereocenters. The minimum Gasteiger partial charge on any atom is -0.278 e. The van der Waals surface area contributed by atoms with E-state index in [9.17, 15) is 0 Å². The quantitative estimate of drug-likeness (QED) is 0.201. The number of fused-ring (bicyclic) bond motifs is 9. The number of pyridine rings is 2. The van der Waals surface area contributed by atoms with Gasteiger partial charge in [0.15, 0.2) is 5.82 Å². The van der Waals surface area contributed by atoms with E-state index in [1.807, 2.05) is 16.7 Å². The van der Waals surface area contributed by atoms with Crippen LogP contribution in [0, 0.1) is 0 Å². The predicted molar refractivity (Wildman–Crippen MR) is 187 cm³/mol. The van der Waals surface area contributed by atoms with Gasteiger partial charge in [0.1, 0.15) is 11.3 Å². The first-order valence-corrected chi connectivity index (χ1v) is 15.8. The molecule has 222 valence electrons. The summed E-state index contributed by atoms with van der Waals surface area (Å²) in [6.45, 7) is 4.59. The molecule has 5 heterocycles. The van der Waals surface area contributed by atoms with Crippen LogP contribution in [0.4, 0.5) is 0 Å². The molecule has 5 aromatic heterocycles. The average molecular weight is 606 g/mol. The van der Waals surface area contributed by atoms with Crippen molar-refractivity contribution in [3.8, 4) is 34.4 Å². The molecule has 0 fully saturated rings. The molecule has 1 aliphatic rings. The van der Waals surface area contributed by atoms with E-state index in [4.69, 9.17) is 24.9 Å². The lowest BCUT2D eigenvalue weighted by molar-refractivity contribution is 0.660. The Morgan fingerprint density at radius 2 is 1.04 bits per heavy atom. The standard InChI is InChI=1S/C40H27N7/c1-40(2)31-16-6-3-11-25(31)30-23-24(19-20-32(30)40)35-43-38(46-33-17-7-4-12-26(33)27-13-5-8-18-34(27)46)45-39(44-35)47-36-28(14-9-21-41-36)29-15-10-22-42-37(29)47/h3-23H,1-2H3. The van der Waals surface area contributed by atoms with Gasteiger partial charge in [-0.05, 0) is 64.7 Å². The summed E-state index contributed by atoms with van der Waals surface area (Å²) in [4.78, 5) is 25.2. The van der Waals surface area contributed by atoms with E-state index in [1.165, 1.54) is 22.3 Å². The summed E-state index contributed by atoms with van der Waals surface area (Å²) < 4.78 is 4.10. The van der Waals surface area contributed by atoms with E-state index in [0.717, 1.165) is 49.4 Å². The van der Waals surface area contributed by atoms with E-state index in [0.29, 0.717) is 17.7 Å². The van der Waals surface area contributed by atoms with Crippen LogP contribution < -0.4 is 0 Å². The molecule has 9 aromatic rings. The molecule has 10 rings (SSSR count). The molecule has 0 aliphatic heterocycles. The number of rotatable bonds is 3. The fourth-order valence-electron chi connectivity index (χ4n) is 7.54. The Labute approximate surface area is 269 Å². The number of hydrogen-bond acceptors (Lipinski definition) is 5. The number of benzene rings is 4. The Morgan fingerprint density at radius 1 is 0.489 bits per heavy atom. The summed E-state index contributed by atoms with van der Waals surface area (Å²) in [5.41, 5.74) is 9.47. The molecule has 0 radical (unpaired) electrons. The van der Waals surface area contributed by atoms with Gasteiger partial charge in [-0.25, -0.2) is 14.5 Å². The van der Waals surface area contributed by atoms with Crippen LogP contribution in [0.5, 0.6) is 0 Å². The minimum absolute atomic E-state index is 0.0941. The molecule has 0 saturated carbocycles. The molecule has 7 nitrogen and oxygen atoms in total. The molecule has 4 aromatic carbocycles. The lowest BCUT2D eigenvalue weighted by Crippen LogP contribution is -2.14. The van der Waals surface area contributed by atoms with E-state index in [1.54, 1.807) is 12.4 Å². The molecule has 7 heteroatoms. The zero-order valence-corrected chi connectivity index (χ0v) is 25.8. The Hall–Kier alpha value is -6.21. The highest BCUT2D eigenvalue weighted by Crippen LogP contribution is 2.49. The summed E-state index contributed by atoms with van der Waals surface area (Å²) in [6.07, 6.45) is 3.60. The van der Waals surface area contributed by atoms with E-state index in [2.05, 4.69) is 122 Å². The number of nitrogens with zero attached hydrogens (tertiary/aromatic N) is 7. The van der Waals surface area contributed by atoms with E-state index in [-0.39, 0.29) is 5.41 Å². The lowest BCUT2D eigenvalue weighted by atomic mass is 9.82. The Morgan fingerprint density at radius 3 is 1.72 bits per heavy atom. The maximum absolute atomic E-state index is 5.22. The van der Waals surface area contributed by atoms with Gasteiger partial charge in [0.2, 0.25) is 11.9 Å². The highest BCUT2D eigenvalue weighted by atomic mass is 15.3. The van der Waals surface area contributed by atoms with Gasteiger partial charge in [0, 0.05) is 44.9 Å². The van der Waals surface area contributed by atoms with Crippen LogP contribution in [0.2, 0.25) is 0 Å². The fourth-order valence-corrected chi connectivity index (χ4v) is 7.54. The first-order chi connectivity index (χ1) is 23.1. The van der Waals surface area contributed by atoms with Crippen LogP contribution in [0.1, 0.15) is 25.0 Å². The maximum Gasteiger partial charge on any atom is 0.242 e. The van der Waals surface area contributed by atoms with Gasteiger partial charge in [-0.1, -0.05) is 86.6 Å². The third-order valence-electron chi connectivity index (χ3n) is 9.72. The van der Waals surface area contributed by atoms with Crippen molar-refractivity contribution in [2.24, 2.45) is 0 Å². The van der Waals surface area contributed by atoms with Crippen molar-refractivity contribution in [3.05, 3.63) is 139 Å². The van der Waals surface area contributed by atoms with Crippen LogP contribution in [0.25, 0.3) is 78.3 Å². The zero-order valence-electron chi connectivity index (χ0n) is 25.8. The molecule has 0 N–H and O–H groups in total. The second-order valence-electron chi connectivity index (χ2n) is 12.6. The molecule has 1 aliphatic carbocycles. The van der Waals surface area contributed by atoms with Crippen LogP contribution in [0.3, 0.4) is 0 Å². The van der Waals surface area contributed by atoms with Crippen molar-refractivity contribution in [1.82, 2.24) is 34.1 Å².